The fourth-order valence-corrected chi connectivity index (χ4v) is 4.50. The lowest BCUT2D eigenvalue weighted by molar-refractivity contribution is -0.120. The minimum Gasteiger partial charge on any atom is -0.361 e. The Morgan fingerprint density at radius 3 is 2.83 bits per heavy atom. The Hall–Kier alpha value is -3.38. The first-order valence-corrected chi connectivity index (χ1v) is 10.4. The second-order valence-corrected chi connectivity index (χ2v) is 7.93. The normalized spacial score (nSPS) is 12.4. The predicted octanol–water partition coefficient (Wildman–Crippen LogP) is 4.37. The highest BCUT2D eigenvalue weighted by Crippen LogP contribution is 2.30. The number of H-pyrrole nitrogens is 1. The fraction of sp³-hybridized carbons (Fsp3) is 0.130. The van der Waals surface area contributed by atoms with E-state index >= 15 is 0 Å². The summed E-state index contributed by atoms with van der Waals surface area (Å²) in [6.07, 6.45) is 6.21. The first kappa shape index (κ1) is 17.7. The summed E-state index contributed by atoms with van der Waals surface area (Å²) in [5, 5.41) is 6.29. The zero-order valence-corrected chi connectivity index (χ0v) is 16.5. The molecule has 144 valence electrons. The first-order chi connectivity index (χ1) is 14.3. The maximum atomic E-state index is 12.6. The number of para-hydroxylation sites is 1. The van der Waals surface area contributed by atoms with Crippen molar-refractivity contribution in [2.45, 2.75) is 12.3 Å². The Bertz CT molecular complexity index is 1240. The highest BCUT2D eigenvalue weighted by atomic mass is 32.1. The van der Waals surface area contributed by atoms with Crippen LogP contribution in [0.1, 0.15) is 22.7 Å². The van der Waals surface area contributed by atoms with Gasteiger partial charge < -0.3 is 10.3 Å². The molecule has 0 aliphatic heterocycles. The lowest BCUT2D eigenvalue weighted by atomic mass is 9.91. The largest absolute Gasteiger partial charge is 0.361 e. The van der Waals surface area contributed by atoms with Gasteiger partial charge in [-0.3, -0.25) is 9.20 Å². The van der Waals surface area contributed by atoms with Gasteiger partial charge in [0.25, 0.3) is 0 Å². The van der Waals surface area contributed by atoms with E-state index in [4.69, 9.17) is 0 Å². The molecule has 0 spiro atoms. The summed E-state index contributed by atoms with van der Waals surface area (Å²) in [5.74, 6) is 0.0540. The van der Waals surface area contributed by atoms with Crippen LogP contribution in [0.15, 0.2) is 78.6 Å². The van der Waals surface area contributed by atoms with Crippen molar-refractivity contribution in [1.29, 1.82) is 0 Å². The molecule has 1 atom stereocenters. The molecule has 0 fully saturated rings. The van der Waals surface area contributed by atoms with Gasteiger partial charge in [-0.05, 0) is 17.2 Å². The number of aromatic amines is 1. The number of hydrogen-bond acceptors (Lipinski definition) is 3. The number of fused-ring (bicyclic) bond motifs is 2. The number of carbonyl (C=O) groups excluding carboxylic acids is 1. The fourth-order valence-electron chi connectivity index (χ4n) is 3.78. The monoisotopic (exact) mass is 400 g/mol. The van der Waals surface area contributed by atoms with Crippen LogP contribution in [-0.2, 0) is 11.2 Å². The SMILES string of the molecule is O=C(Cc1cn2ccsc2n1)NCC(c1ccccc1)c1c[nH]c2ccccc12. The molecule has 0 radical (unpaired) electrons. The van der Waals surface area contributed by atoms with E-state index in [1.807, 2.05) is 52.5 Å². The highest BCUT2D eigenvalue weighted by molar-refractivity contribution is 7.15. The summed E-state index contributed by atoms with van der Waals surface area (Å²) >= 11 is 1.57. The van der Waals surface area contributed by atoms with Crippen LogP contribution in [-0.4, -0.2) is 26.8 Å². The van der Waals surface area contributed by atoms with Crippen molar-refractivity contribution in [2.24, 2.45) is 0 Å². The van der Waals surface area contributed by atoms with Crippen LogP contribution in [0, 0.1) is 0 Å². The van der Waals surface area contributed by atoms with Gasteiger partial charge >= 0.3 is 0 Å². The van der Waals surface area contributed by atoms with Crippen molar-refractivity contribution < 1.29 is 4.79 Å². The Labute approximate surface area is 172 Å². The standard InChI is InChI=1S/C23H20N4OS/c28-22(12-17-15-27-10-11-29-23(27)26-17)25-13-19(16-6-2-1-3-7-16)20-14-24-21-9-5-4-8-18(20)21/h1-11,14-15,19,24H,12-13H2,(H,25,28). The van der Waals surface area contributed by atoms with Gasteiger partial charge in [-0.25, -0.2) is 4.98 Å². The quantitative estimate of drug-likeness (QED) is 0.445. The van der Waals surface area contributed by atoms with Crippen LogP contribution in [0.25, 0.3) is 15.9 Å². The molecular formula is C23H20N4OS. The summed E-state index contributed by atoms with van der Waals surface area (Å²) in [7, 11) is 0. The third-order valence-electron chi connectivity index (χ3n) is 5.19. The van der Waals surface area contributed by atoms with Gasteiger partial charge in [0.05, 0.1) is 12.1 Å². The number of hydrogen-bond donors (Lipinski definition) is 2. The summed E-state index contributed by atoms with van der Waals surface area (Å²) in [4.78, 5) is 21.4. The van der Waals surface area contributed by atoms with Crippen LogP contribution < -0.4 is 5.32 Å². The molecule has 5 nitrogen and oxygen atoms in total. The number of imidazole rings is 1. The molecule has 2 aromatic carbocycles. The van der Waals surface area contributed by atoms with E-state index in [9.17, 15) is 4.79 Å². The molecule has 5 aromatic rings. The molecular weight excluding hydrogens is 380 g/mol. The lowest BCUT2D eigenvalue weighted by Gasteiger charge is -2.18. The van der Waals surface area contributed by atoms with Crippen molar-refractivity contribution in [1.82, 2.24) is 19.7 Å². The number of benzene rings is 2. The van der Waals surface area contributed by atoms with E-state index in [1.165, 1.54) is 16.5 Å². The smallest absolute Gasteiger partial charge is 0.226 e. The number of rotatable bonds is 6. The van der Waals surface area contributed by atoms with Gasteiger partial charge in [0.1, 0.15) is 0 Å². The molecule has 3 heterocycles. The molecule has 0 saturated heterocycles. The van der Waals surface area contributed by atoms with E-state index in [0.29, 0.717) is 6.54 Å². The van der Waals surface area contributed by atoms with Crippen molar-refractivity contribution in [3.05, 3.63) is 95.4 Å². The van der Waals surface area contributed by atoms with Crippen LogP contribution in [0.2, 0.25) is 0 Å². The summed E-state index contributed by atoms with van der Waals surface area (Å²) < 4.78 is 1.95. The number of aromatic nitrogens is 3. The first-order valence-electron chi connectivity index (χ1n) is 9.56. The number of thiazole rings is 1. The maximum absolute atomic E-state index is 12.6. The van der Waals surface area contributed by atoms with Gasteiger partial charge in [-0.15, -0.1) is 11.3 Å². The molecule has 29 heavy (non-hydrogen) atoms. The minimum absolute atomic E-state index is 0.0171. The van der Waals surface area contributed by atoms with Crippen LogP contribution in [0.4, 0.5) is 0 Å². The van der Waals surface area contributed by atoms with Gasteiger partial charge in [0, 0.05) is 47.3 Å². The lowest BCUT2D eigenvalue weighted by Crippen LogP contribution is -2.30. The number of amides is 1. The third kappa shape index (κ3) is 3.54. The van der Waals surface area contributed by atoms with Crippen molar-refractivity contribution in [3.8, 4) is 0 Å². The average Bonchev–Trinajstić information content (AvgIpc) is 3.44. The van der Waals surface area contributed by atoms with E-state index in [0.717, 1.165) is 16.2 Å². The van der Waals surface area contributed by atoms with Gasteiger partial charge in [0.15, 0.2) is 4.96 Å². The Balaban J connectivity index is 1.37. The second-order valence-electron chi connectivity index (χ2n) is 7.06. The molecule has 0 saturated carbocycles. The van der Waals surface area contributed by atoms with Crippen molar-refractivity contribution in [3.63, 3.8) is 0 Å². The Morgan fingerprint density at radius 1 is 1.14 bits per heavy atom. The zero-order valence-electron chi connectivity index (χ0n) is 15.7. The molecule has 6 heteroatoms. The number of nitrogens with one attached hydrogen (secondary N) is 2. The van der Waals surface area contributed by atoms with E-state index in [1.54, 1.807) is 11.3 Å². The van der Waals surface area contributed by atoms with Crippen LogP contribution >= 0.6 is 11.3 Å². The molecule has 1 amide bonds. The number of nitrogens with zero attached hydrogens (tertiary/aromatic N) is 2. The molecule has 5 rings (SSSR count). The van der Waals surface area contributed by atoms with Crippen LogP contribution in [0.3, 0.4) is 0 Å². The minimum atomic E-state index is -0.0171. The topological polar surface area (TPSA) is 62.2 Å². The van der Waals surface area contributed by atoms with Crippen molar-refractivity contribution >= 4 is 33.1 Å². The highest BCUT2D eigenvalue weighted by Gasteiger charge is 2.19. The zero-order chi connectivity index (χ0) is 19.6. The third-order valence-corrected chi connectivity index (χ3v) is 5.96. The molecule has 0 aliphatic carbocycles. The molecule has 2 N–H and O–H groups in total. The van der Waals surface area contributed by atoms with E-state index in [-0.39, 0.29) is 18.2 Å². The predicted molar refractivity (Wildman–Crippen MR) is 116 cm³/mol. The summed E-state index contributed by atoms with van der Waals surface area (Å²) in [5.41, 5.74) is 4.26. The van der Waals surface area contributed by atoms with Gasteiger partial charge in [-0.1, -0.05) is 48.5 Å². The molecule has 3 aromatic heterocycles. The second kappa shape index (κ2) is 7.56. The maximum Gasteiger partial charge on any atom is 0.226 e. The van der Waals surface area contributed by atoms with Crippen LogP contribution in [0.5, 0.6) is 0 Å². The summed E-state index contributed by atoms with van der Waals surface area (Å²) in [6, 6.07) is 18.6. The molecule has 0 aliphatic rings. The molecule has 0 bridgehead atoms. The van der Waals surface area contributed by atoms with E-state index in [2.05, 4.69) is 45.7 Å². The van der Waals surface area contributed by atoms with Gasteiger partial charge in [0.2, 0.25) is 5.91 Å². The average molecular weight is 401 g/mol. The molecule has 1 unspecified atom stereocenters. The Kier molecular flexibility index (Phi) is 4.62. The van der Waals surface area contributed by atoms with Gasteiger partial charge in [-0.2, -0.15) is 0 Å². The Morgan fingerprint density at radius 2 is 1.97 bits per heavy atom. The van der Waals surface area contributed by atoms with E-state index < -0.39 is 0 Å². The van der Waals surface area contributed by atoms with Crippen molar-refractivity contribution in [2.75, 3.05) is 6.54 Å². The summed E-state index contributed by atoms with van der Waals surface area (Å²) in [6.45, 7) is 0.535. The number of carbonyl (C=O) groups is 1.